The highest BCUT2D eigenvalue weighted by atomic mass is 15.3. The van der Waals surface area contributed by atoms with Crippen LogP contribution < -0.4 is 5.32 Å². The van der Waals surface area contributed by atoms with E-state index in [0.717, 1.165) is 17.9 Å². The molecule has 2 nitrogen and oxygen atoms in total. The first-order valence-electron chi connectivity index (χ1n) is 5.87. The van der Waals surface area contributed by atoms with Crippen molar-refractivity contribution in [1.82, 2.24) is 10.2 Å². The summed E-state index contributed by atoms with van der Waals surface area (Å²) in [5, 5.41) is 3.74. The van der Waals surface area contributed by atoms with Crippen molar-refractivity contribution < 1.29 is 0 Å². The Labute approximate surface area is 80.7 Å². The molecule has 1 N–H and O–H groups in total. The van der Waals surface area contributed by atoms with Gasteiger partial charge >= 0.3 is 0 Å². The summed E-state index contributed by atoms with van der Waals surface area (Å²) in [6, 6.07) is 0.888. The SMILES string of the molecule is C(CN1CC1)NC1CC2CCC1C2. The molecule has 0 aromatic heterocycles. The number of rotatable bonds is 4. The van der Waals surface area contributed by atoms with Gasteiger partial charge in [0.05, 0.1) is 0 Å². The molecule has 0 amide bonds. The van der Waals surface area contributed by atoms with Crippen molar-refractivity contribution in [3.8, 4) is 0 Å². The third kappa shape index (κ3) is 1.75. The molecule has 0 radical (unpaired) electrons. The van der Waals surface area contributed by atoms with Crippen LogP contribution in [-0.2, 0) is 0 Å². The lowest BCUT2D eigenvalue weighted by atomic mass is 9.95. The molecule has 2 aliphatic carbocycles. The molecule has 2 heteroatoms. The third-order valence-corrected chi connectivity index (χ3v) is 4.11. The molecule has 0 aromatic carbocycles. The van der Waals surface area contributed by atoms with Crippen LogP contribution in [0.2, 0.25) is 0 Å². The summed E-state index contributed by atoms with van der Waals surface area (Å²) in [5.74, 6) is 2.13. The molecule has 0 spiro atoms. The van der Waals surface area contributed by atoms with Crippen molar-refractivity contribution in [3.63, 3.8) is 0 Å². The molecule has 0 aromatic rings. The number of fused-ring (bicyclic) bond motifs is 2. The molecule has 1 aliphatic heterocycles. The fraction of sp³-hybridized carbons (Fsp3) is 1.00. The Kier molecular flexibility index (Phi) is 2.06. The molecule has 3 fully saturated rings. The quantitative estimate of drug-likeness (QED) is 0.651. The van der Waals surface area contributed by atoms with E-state index in [1.165, 1.54) is 51.9 Å². The highest BCUT2D eigenvalue weighted by molar-refractivity contribution is 4.94. The third-order valence-electron chi connectivity index (χ3n) is 4.11. The number of hydrogen-bond donors (Lipinski definition) is 1. The summed E-state index contributed by atoms with van der Waals surface area (Å²) in [6.45, 7) is 5.21. The van der Waals surface area contributed by atoms with Crippen LogP contribution in [-0.4, -0.2) is 37.1 Å². The number of nitrogens with zero attached hydrogens (tertiary/aromatic N) is 1. The highest BCUT2D eigenvalue weighted by Gasteiger charge is 2.38. The van der Waals surface area contributed by atoms with Crippen LogP contribution in [0, 0.1) is 11.8 Å². The van der Waals surface area contributed by atoms with E-state index in [2.05, 4.69) is 10.2 Å². The Morgan fingerprint density at radius 1 is 1.15 bits per heavy atom. The molecule has 1 heterocycles. The van der Waals surface area contributed by atoms with E-state index < -0.39 is 0 Å². The molecule has 2 saturated carbocycles. The standard InChI is InChI=1S/C11H20N2/c1-2-10-7-9(1)8-11(10)12-3-4-13-5-6-13/h9-12H,1-8H2. The molecular weight excluding hydrogens is 160 g/mol. The Morgan fingerprint density at radius 2 is 2.08 bits per heavy atom. The molecule has 74 valence electrons. The van der Waals surface area contributed by atoms with E-state index >= 15 is 0 Å². The fourth-order valence-corrected chi connectivity index (χ4v) is 3.20. The van der Waals surface area contributed by atoms with Gasteiger partial charge in [0.1, 0.15) is 0 Å². The monoisotopic (exact) mass is 180 g/mol. The van der Waals surface area contributed by atoms with Crippen molar-refractivity contribution in [1.29, 1.82) is 0 Å². The summed E-state index contributed by atoms with van der Waals surface area (Å²) in [4.78, 5) is 2.50. The minimum Gasteiger partial charge on any atom is -0.312 e. The van der Waals surface area contributed by atoms with Gasteiger partial charge in [0.25, 0.3) is 0 Å². The van der Waals surface area contributed by atoms with Crippen molar-refractivity contribution in [2.75, 3.05) is 26.2 Å². The van der Waals surface area contributed by atoms with Gasteiger partial charge < -0.3 is 5.32 Å². The average molecular weight is 180 g/mol. The van der Waals surface area contributed by atoms with E-state index in [1.54, 1.807) is 0 Å². The molecule has 3 aliphatic rings. The zero-order chi connectivity index (χ0) is 8.67. The molecule has 13 heavy (non-hydrogen) atoms. The van der Waals surface area contributed by atoms with E-state index in [4.69, 9.17) is 0 Å². The van der Waals surface area contributed by atoms with Gasteiger partial charge in [-0.1, -0.05) is 6.42 Å². The van der Waals surface area contributed by atoms with Crippen molar-refractivity contribution >= 4 is 0 Å². The molecule has 3 rings (SSSR count). The van der Waals surface area contributed by atoms with Crippen LogP contribution in [0.3, 0.4) is 0 Å². The first kappa shape index (κ1) is 8.25. The van der Waals surface area contributed by atoms with E-state index in [-0.39, 0.29) is 0 Å². The second kappa shape index (κ2) is 3.25. The summed E-state index contributed by atoms with van der Waals surface area (Å²) in [5.41, 5.74) is 0. The van der Waals surface area contributed by atoms with Gasteiger partial charge in [-0.15, -0.1) is 0 Å². The largest absolute Gasteiger partial charge is 0.312 e. The minimum atomic E-state index is 0.888. The molecule has 3 unspecified atom stereocenters. The van der Waals surface area contributed by atoms with E-state index in [0.29, 0.717) is 0 Å². The van der Waals surface area contributed by atoms with Crippen molar-refractivity contribution in [3.05, 3.63) is 0 Å². The maximum atomic E-state index is 3.74. The van der Waals surface area contributed by atoms with Crippen LogP contribution in [0.4, 0.5) is 0 Å². The van der Waals surface area contributed by atoms with Crippen LogP contribution in [0.5, 0.6) is 0 Å². The van der Waals surface area contributed by atoms with Crippen LogP contribution in [0.15, 0.2) is 0 Å². The molecule has 2 bridgehead atoms. The lowest BCUT2D eigenvalue weighted by molar-refractivity contribution is 0.344. The zero-order valence-corrected chi connectivity index (χ0v) is 8.34. The smallest absolute Gasteiger partial charge is 0.0110 e. The van der Waals surface area contributed by atoms with Gasteiger partial charge in [0, 0.05) is 32.2 Å². The maximum absolute atomic E-state index is 3.74. The summed E-state index contributed by atoms with van der Waals surface area (Å²) >= 11 is 0. The first-order chi connectivity index (χ1) is 6.42. The Balaban J connectivity index is 1.40. The number of nitrogens with one attached hydrogen (secondary N) is 1. The lowest BCUT2D eigenvalue weighted by Crippen LogP contribution is -2.36. The van der Waals surface area contributed by atoms with Crippen molar-refractivity contribution in [2.24, 2.45) is 11.8 Å². The Morgan fingerprint density at radius 3 is 2.69 bits per heavy atom. The van der Waals surface area contributed by atoms with E-state index in [1.807, 2.05) is 0 Å². The second-order valence-corrected chi connectivity index (χ2v) is 5.08. The van der Waals surface area contributed by atoms with Gasteiger partial charge in [0.15, 0.2) is 0 Å². The normalized spacial score (nSPS) is 42.9. The van der Waals surface area contributed by atoms with Gasteiger partial charge in [-0.05, 0) is 31.1 Å². The highest BCUT2D eigenvalue weighted by Crippen LogP contribution is 2.44. The predicted octanol–water partition coefficient (Wildman–Crippen LogP) is 1.08. The summed E-state index contributed by atoms with van der Waals surface area (Å²) in [7, 11) is 0. The maximum Gasteiger partial charge on any atom is 0.0110 e. The van der Waals surface area contributed by atoms with Crippen LogP contribution in [0.1, 0.15) is 25.7 Å². The lowest BCUT2D eigenvalue weighted by Gasteiger charge is -2.22. The van der Waals surface area contributed by atoms with E-state index in [9.17, 15) is 0 Å². The van der Waals surface area contributed by atoms with Gasteiger partial charge in [-0.25, -0.2) is 0 Å². The van der Waals surface area contributed by atoms with Crippen LogP contribution >= 0.6 is 0 Å². The molecule has 3 atom stereocenters. The van der Waals surface area contributed by atoms with Gasteiger partial charge in [-0.2, -0.15) is 0 Å². The summed E-state index contributed by atoms with van der Waals surface area (Å²) in [6.07, 6.45) is 6.03. The Hall–Kier alpha value is -0.0800. The first-order valence-corrected chi connectivity index (χ1v) is 5.87. The number of hydrogen-bond acceptors (Lipinski definition) is 2. The fourth-order valence-electron chi connectivity index (χ4n) is 3.20. The van der Waals surface area contributed by atoms with Gasteiger partial charge in [0.2, 0.25) is 0 Å². The van der Waals surface area contributed by atoms with Crippen molar-refractivity contribution in [2.45, 2.75) is 31.7 Å². The minimum absolute atomic E-state index is 0.888. The average Bonchev–Trinajstić information content (AvgIpc) is 2.74. The topological polar surface area (TPSA) is 15.0 Å². The Bertz CT molecular complexity index is 189. The molecular formula is C11H20N2. The van der Waals surface area contributed by atoms with Gasteiger partial charge in [-0.3, -0.25) is 4.90 Å². The predicted molar refractivity (Wildman–Crippen MR) is 53.7 cm³/mol. The summed E-state index contributed by atoms with van der Waals surface area (Å²) < 4.78 is 0. The molecule has 1 saturated heterocycles. The second-order valence-electron chi connectivity index (χ2n) is 5.08. The zero-order valence-electron chi connectivity index (χ0n) is 8.34. The van der Waals surface area contributed by atoms with Crippen LogP contribution in [0.25, 0.3) is 0 Å².